The molecule has 0 aromatic carbocycles. The number of fused-ring (bicyclic) bond motifs is 1. The highest BCUT2D eigenvalue weighted by Crippen LogP contribution is 2.13. The van der Waals surface area contributed by atoms with Gasteiger partial charge in [-0.25, -0.2) is 4.98 Å². The van der Waals surface area contributed by atoms with Gasteiger partial charge in [-0.05, 0) is 13.8 Å². The summed E-state index contributed by atoms with van der Waals surface area (Å²) >= 11 is 0. The molecule has 3 heterocycles. The van der Waals surface area contributed by atoms with Gasteiger partial charge in [-0.1, -0.05) is 0 Å². The molecule has 6 heteroatoms. The summed E-state index contributed by atoms with van der Waals surface area (Å²) in [6.07, 6.45) is 3.32. The Morgan fingerprint density at radius 3 is 2.84 bits per heavy atom. The fraction of sp³-hybridized carbons (Fsp3) is 0.308. The van der Waals surface area contributed by atoms with Crippen molar-refractivity contribution in [3.05, 3.63) is 46.0 Å². The molecule has 0 unspecified atom stereocenters. The maximum Gasteiger partial charge on any atom is 0.214 e. The van der Waals surface area contributed by atoms with Crippen molar-refractivity contribution in [3.8, 4) is 0 Å². The topological polar surface area (TPSA) is 65.8 Å². The third-order valence-corrected chi connectivity index (χ3v) is 3.23. The number of rotatable bonds is 2. The third kappa shape index (κ3) is 1.85. The zero-order valence-electron chi connectivity index (χ0n) is 11.0. The predicted molar refractivity (Wildman–Crippen MR) is 70.1 cm³/mol. The average Bonchev–Trinajstić information content (AvgIpc) is 2.89. The van der Waals surface area contributed by atoms with Crippen LogP contribution in [0.5, 0.6) is 0 Å². The van der Waals surface area contributed by atoms with Gasteiger partial charge in [0.15, 0.2) is 5.43 Å². The molecule has 0 saturated carbocycles. The van der Waals surface area contributed by atoms with Crippen molar-refractivity contribution in [3.63, 3.8) is 0 Å². The first kappa shape index (κ1) is 11.7. The van der Waals surface area contributed by atoms with Crippen LogP contribution >= 0.6 is 0 Å². The number of aryl methyl sites for hydroxylation is 3. The Labute approximate surface area is 109 Å². The van der Waals surface area contributed by atoms with E-state index >= 15 is 0 Å². The Balaban J connectivity index is 2.13. The molecule has 0 saturated heterocycles. The van der Waals surface area contributed by atoms with Gasteiger partial charge >= 0.3 is 0 Å². The summed E-state index contributed by atoms with van der Waals surface area (Å²) in [5.41, 5.74) is 1.62. The molecule has 0 atom stereocenters. The first-order valence-electron chi connectivity index (χ1n) is 6.00. The first-order chi connectivity index (χ1) is 9.06. The zero-order chi connectivity index (χ0) is 13.6. The SMILES string of the molecule is Cc1nc(Cn2ccc(=O)c3cnn(C)c32)oc1C. The van der Waals surface area contributed by atoms with E-state index in [0.29, 0.717) is 17.8 Å². The van der Waals surface area contributed by atoms with Gasteiger partial charge in [-0.15, -0.1) is 0 Å². The largest absolute Gasteiger partial charge is 0.444 e. The molecule has 98 valence electrons. The Morgan fingerprint density at radius 1 is 1.37 bits per heavy atom. The summed E-state index contributed by atoms with van der Waals surface area (Å²) in [4.78, 5) is 16.1. The van der Waals surface area contributed by atoms with Crippen LogP contribution in [0.1, 0.15) is 17.3 Å². The van der Waals surface area contributed by atoms with Crippen molar-refractivity contribution in [2.45, 2.75) is 20.4 Å². The van der Waals surface area contributed by atoms with Crippen LogP contribution in [0.15, 0.2) is 27.7 Å². The van der Waals surface area contributed by atoms with E-state index in [-0.39, 0.29) is 5.43 Å². The Morgan fingerprint density at radius 2 is 2.16 bits per heavy atom. The third-order valence-electron chi connectivity index (χ3n) is 3.23. The van der Waals surface area contributed by atoms with Gasteiger partial charge in [0.1, 0.15) is 18.0 Å². The highest BCUT2D eigenvalue weighted by Gasteiger charge is 2.11. The molecule has 3 rings (SSSR count). The van der Waals surface area contributed by atoms with Gasteiger partial charge in [-0.3, -0.25) is 9.48 Å². The molecule has 0 aliphatic rings. The molecule has 19 heavy (non-hydrogen) atoms. The monoisotopic (exact) mass is 258 g/mol. The normalized spacial score (nSPS) is 11.3. The summed E-state index contributed by atoms with van der Waals surface area (Å²) in [5, 5.41) is 4.73. The van der Waals surface area contributed by atoms with E-state index < -0.39 is 0 Å². The molecule has 0 radical (unpaired) electrons. The molecule has 0 fully saturated rings. The second-order valence-electron chi connectivity index (χ2n) is 4.56. The van der Waals surface area contributed by atoms with Crippen LogP contribution in [0, 0.1) is 13.8 Å². The summed E-state index contributed by atoms with van der Waals surface area (Å²) in [5.74, 6) is 1.44. The highest BCUT2D eigenvalue weighted by molar-refractivity contribution is 5.74. The molecular weight excluding hydrogens is 244 g/mol. The van der Waals surface area contributed by atoms with Crippen LogP contribution in [0.25, 0.3) is 11.0 Å². The van der Waals surface area contributed by atoms with Crippen molar-refractivity contribution >= 4 is 11.0 Å². The van der Waals surface area contributed by atoms with Crippen LogP contribution in [-0.2, 0) is 13.6 Å². The number of hydrogen-bond donors (Lipinski definition) is 0. The molecule has 0 aliphatic heterocycles. The van der Waals surface area contributed by atoms with Crippen LogP contribution in [0.2, 0.25) is 0 Å². The van der Waals surface area contributed by atoms with Gasteiger partial charge in [0, 0.05) is 19.3 Å². The molecule has 0 N–H and O–H groups in total. The van der Waals surface area contributed by atoms with Crippen LogP contribution < -0.4 is 5.43 Å². The van der Waals surface area contributed by atoms with Crippen molar-refractivity contribution in [2.24, 2.45) is 7.05 Å². The average molecular weight is 258 g/mol. The second kappa shape index (κ2) is 4.08. The number of pyridine rings is 1. The van der Waals surface area contributed by atoms with Crippen molar-refractivity contribution in [1.29, 1.82) is 0 Å². The lowest BCUT2D eigenvalue weighted by Gasteiger charge is -2.06. The van der Waals surface area contributed by atoms with E-state index in [1.165, 1.54) is 6.07 Å². The van der Waals surface area contributed by atoms with E-state index in [0.717, 1.165) is 17.1 Å². The molecule has 0 aliphatic carbocycles. The molecule has 0 bridgehead atoms. The standard InChI is InChI=1S/C13H14N4O2/c1-8-9(2)19-12(15-8)7-17-5-4-11(18)10-6-14-16(3)13(10)17/h4-6H,7H2,1-3H3. The van der Waals surface area contributed by atoms with E-state index in [1.807, 2.05) is 25.5 Å². The van der Waals surface area contributed by atoms with E-state index in [1.54, 1.807) is 17.1 Å². The molecular formula is C13H14N4O2. The van der Waals surface area contributed by atoms with Crippen LogP contribution in [0.4, 0.5) is 0 Å². The minimum absolute atomic E-state index is 0.0286. The first-order valence-corrected chi connectivity index (χ1v) is 6.00. The lowest BCUT2D eigenvalue weighted by Crippen LogP contribution is -2.10. The lowest BCUT2D eigenvalue weighted by molar-refractivity contribution is 0.457. The lowest BCUT2D eigenvalue weighted by atomic mass is 10.3. The Hall–Kier alpha value is -2.37. The zero-order valence-corrected chi connectivity index (χ0v) is 11.0. The fourth-order valence-corrected chi connectivity index (χ4v) is 2.14. The quantitative estimate of drug-likeness (QED) is 0.696. The minimum atomic E-state index is -0.0286. The maximum absolute atomic E-state index is 11.7. The van der Waals surface area contributed by atoms with Gasteiger partial charge in [0.2, 0.25) is 5.89 Å². The smallest absolute Gasteiger partial charge is 0.214 e. The summed E-state index contributed by atoms with van der Waals surface area (Å²) in [6.45, 7) is 4.27. The molecule has 0 amide bonds. The van der Waals surface area contributed by atoms with Gasteiger partial charge in [0.25, 0.3) is 0 Å². The summed E-state index contributed by atoms with van der Waals surface area (Å²) < 4.78 is 9.17. The number of oxazole rings is 1. The second-order valence-corrected chi connectivity index (χ2v) is 4.56. The molecule has 3 aromatic heterocycles. The number of nitrogens with zero attached hydrogens (tertiary/aromatic N) is 4. The van der Waals surface area contributed by atoms with Crippen molar-refractivity contribution in [1.82, 2.24) is 19.3 Å². The van der Waals surface area contributed by atoms with Gasteiger partial charge in [-0.2, -0.15) is 5.10 Å². The number of aromatic nitrogens is 4. The molecule has 6 nitrogen and oxygen atoms in total. The molecule has 0 spiro atoms. The van der Waals surface area contributed by atoms with Crippen molar-refractivity contribution in [2.75, 3.05) is 0 Å². The van der Waals surface area contributed by atoms with E-state index in [9.17, 15) is 4.79 Å². The number of hydrogen-bond acceptors (Lipinski definition) is 4. The maximum atomic E-state index is 11.7. The molecule has 3 aromatic rings. The van der Waals surface area contributed by atoms with Gasteiger partial charge in [0.05, 0.1) is 17.3 Å². The van der Waals surface area contributed by atoms with Crippen LogP contribution in [0.3, 0.4) is 0 Å². The summed E-state index contributed by atoms with van der Waals surface area (Å²) in [7, 11) is 1.81. The highest BCUT2D eigenvalue weighted by atomic mass is 16.4. The summed E-state index contributed by atoms with van der Waals surface area (Å²) in [6, 6.07) is 1.53. The Kier molecular flexibility index (Phi) is 2.51. The van der Waals surface area contributed by atoms with Gasteiger partial charge < -0.3 is 8.98 Å². The predicted octanol–water partition coefficient (Wildman–Crippen LogP) is 1.39. The van der Waals surface area contributed by atoms with Crippen molar-refractivity contribution < 1.29 is 4.42 Å². The fourth-order valence-electron chi connectivity index (χ4n) is 2.14. The Bertz CT molecular complexity index is 790. The van der Waals surface area contributed by atoms with Crippen LogP contribution in [-0.4, -0.2) is 19.3 Å². The van der Waals surface area contributed by atoms with E-state index in [2.05, 4.69) is 10.1 Å². The minimum Gasteiger partial charge on any atom is -0.444 e. The van der Waals surface area contributed by atoms with E-state index in [4.69, 9.17) is 4.42 Å².